The summed E-state index contributed by atoms with van der Waals surface area (Å²) in [6.45, 7) is 0. The van der Waals surface area contributed by atoms with E-state index < -0.39 is 37.1 Å². The van der Waals surface area contributed by atoms with E-state index in [-0.39, 0.29) is 62.0 Å². The van der Waals surface area contributed by atoms with Gasteiger partial charge in [-0.3, -0.25) is 14.7 Å². The molecule has 0 atom stereocenters. The van der Waals surface area contributed by atoms with E-state index >= 15 is 0 Å². The predicted octanol–water partition coefficient (Wildman–Crippen LogP) is 10.3. The predicted molar refractivity (Wildman–Crippen MR) is 195 cm³/mol. The molecule has 0 radical (unpaired) electrons. The van der Waals surface area contributed by atoms with Crippen LogP contribution in [0.2, 0.25) is 5.02 Å². The maximum absolute atomic E-state index is 11.6. The summed E-state index contributed by atoms with van der Waals surface area (Å²) in [6, 6.07) is 30.3. The van der Waals surface area contributed by atoms with Gasteiger partial charge in [-0.2, -0.15) is 8.42 Å². The molecule has 0 fully saturated rings. The molecular weight excluding hydrogens is 766 g/mol. The number of nitro groups is 1. The van der Waals surface area contributed by atoms with E-state index in [1.807, 2.05) is 24.3 Å². The van der Waals surface area contributed by atoms with Gasteiger partial charge in [-0.1, -0.05) is 96.5 Å². The molecule has 7 aromatic carbocycles. The number of halogens is 1. The van der Waals surface area contributed by atoms with Crippen LogP contribution < -0.4 is 0 Å². The van der Waals surface area contributed by atoms with Crippen LogP contribution in [0.3, 0.4) is 0 Å². The van der Waals surface area contributed by atoms with Crippen LogP contribution in [0.15, 0.2) is 141 Å². The Morgan fingerprint density at radius 1 is 0.566 bits per heavy atom. The van der Waals surface area contributed by atoms with Gasteiger partial charge in [-0.25, -0.2) is 0 Å². The molecule has 0 amide bonds. The molecule has 7 aromatic rings. The Morgan fingerprint density at radius 2 is 1.02 bits per heavy atom. The summed E-state index contributed by atoms with van der Waals surface area (Å²) in [5.41, 5.74) is -0.00296. The minimum absolute atomic E-state index is 0. The summed E-state index contributed by atoms with van der Waals surface area (Å²) >= 11 is 5.80. The first-order chi connectivity index (χ1) is 24.8. The average molecular weight is 790 g/mol. The number of hydrogen-bond acceptors (Lipinski definition) is 12. The van der Waals surface area contributed by atoms with Crippen molar-refractivity contribution in [3.63, 3.8) is 0 Å². The van der Waals surface area contributed by atoms with Crippen molar-refractivity contribution in [2.24, 2.45) is 20.5 Å². The first-order valence-corrected chi connectivity index (χ1v) is 16.8. The van der Waals surface area contributed by atoms with E-state index in [4.69, 9.17) is 11.6 Å². The number of aromatic hydroxyl groups is 4. The standard InChI is InChI=1S/C20H14N2O5S.C16H10ClN3O4.Cr/c23-16-10-9-12-5-1-2-6-13(12)19(16)21-22-20-15-8-4-3-7-14(15)18(11-17(20)24)28(25,26)27;17-11-7-12(15(22)8-13(11)20(23)24)18-19-16-10-4-2-1-3-9(10)5-6-14(16)21;/h1-11,23-24H,(H,25,26,27);1-8,21-22H;. The minimum Gasteiger partial charge on any atom is -0.506 e. The van der Waals surface area contributed by atoms with E-state index in [2.05, 4.69) is 20.5 Å². The molecule has 0 saturated carbocycles. The zero-order valence-electron chi connectivity index (χ0n) is 26.8. The van der Waals surface area contributed by atoms with Gasteiger partial charge in [0, 0.05) is 45.0 Å². The molecule has 0 spiro atoms. The van der Waals surface area contributed by atoms with E-state index in [9.17, 15) is 43.5 Å². The smallest absolute Gasteiger partial charge is 0.295 e. The Labute approximate surface area is 315 Å². The fourth-order valence-electron chi connectivity index (χ4n) is 5.29. The second-order valence-corrected chi connectivity index (χ2v) is 12.8. The molecule has 53 heavy (non-hydrogen) atoms. The number of hydrogen-bond donors (Lipinski definition) is 5. The molecule has 0 aliphatic carbocycles. The molecule has 0 bridgehead atoms. The van der Waals surface area contributed by atoms with Crippen molar-refractivity contribution in [1.29, 1.82) is 0 Å². The van der Waals surface area contributed by atoms with E-state index in [1.54, 1.807) is 54.6 Å². The van der Waals surface area contributed by atoms with Gasteiger partial charge in [0.25, 0.3) is 15.8 Å². The third-order valence-corrected chi connectivity index (χ3v) is 8.94. The number of nitro benzene ring substituents is 1. The van der Waals surface area contributed by atoms with Gasteiger partial charge in [0.2, 0.25) is 0 Å². The molecule has 5 N–H and O–H groups in total. The van der Waals surface area contributed by atoms with Crippen LogP contribution in [-0.2, 0) is 27.5 Å². The topological polar surface area (TPSA) is 228 Å². The number of phenolic OH excluding ortho intramolecular Hbond substituents is 4. The van der Waals surface area contributed by atoms with Crippen molar-refractivity contribution < 1.29 is 55.7 Å². The van der Waals surface area contributed by atoms with Crippen LogP contribution >= 0.6 is 11.6 Å². The van der Waals surface area contributed by atoms with Crippen LogP contribution in [0, 0.1) is 10.1 Å². The minimum atomic E-state index is -4.54. The quantitative estimate of drug-likeness (QED) is 0.0466. The maximum atomic E-state index is 11.6. The SMILES string of the molecule is O=S(=O)(O)c1cc(O)c(N=Nc2c(O)ccc3ccccc23)c2ccccc12.O=[N+]([O-])c1cc(O)c(N=Nc2c(O)ccc3ccccc23)cc1Cl.[Cr]. The summed E-state index contributed by atoms with van der Waals surface area (Å²) < 4.78 is 32.7. The fourth-order valence-corrected chi connectivity index (χ4v) is 6.24. The van der Waals surface area contributed by atoms with Crippen molar-refractivity contribution in [3.05, 3.63) is 130 Å². The Balaban J connectivity index is 0.000000203. The van der Waals surface area contributed by atoms with Crippen molar-refractivity contribution in [2.45, 2.75) is 4.90 Å². The molecule has 0 unspecified atom stereocenters. The van der Waals surface area contributed by atoms with Crippen molar-refractivity contribution >= 4 is 82.5 Å². The van der Waals surface area contributed by atoms with Gasteiger partial charge in [-0.15, -0.1) is 20.5 Å². The Bertz CT molecular complexity index is 2730. The van der Waals surface area contributed by atoms with Crippen molar-refractivity contribution in [3.8, 4) is 23.0 Å². The van der Waals surface area contributed by atoms with Gasteiger partial charge < -0.3 is 20.4 Å². The van der Waals surface area contributed by atoms with Crippen LogP contribution in [-0.4, -0.2) is 38.3 Å². The van der Waals surface area contributed by atoms with Crippen LogP contribution in [0.5, 0.6) is 23.0 Å². The molecular formula is C36H24ClCrN5O9S. The normalized spacial score (nSPS) is 11.5. The van der Waals surface area contributed by atoms with E-state index in [0.29, 0.717) is 16.2 Å². The molecule has 0 heterocycles. The first-order valence-electron chi connectivity index (χ1n) is 15.0. The molecule has 17 heteroatoms. The van der Waals surface area contributed by atoms with Crippen molar-refractivity contribution in [2.75, 3.05) is 0 Å². The van der Waals surface area contributed by atoms with Gasteiger partial charge in [0.05, 0.1) is 11.0 Å². The van der Waals surface area contributed by atoms with Crippen LogP contribution in [0.25, 0.3) is 32.3 Å². The van der Waals surface area contributed by atoms with E-state index in [0.717, 1.165) is 29.0 Å². The second-order valence-electron chi connectivity index (χ2n) is 11.0. The Kier molecular flexibility index (Phi) is 11.2. The maximum Gasteiger partial charge on any atom is 0.295 e. The fraction of sp³-hybridized carbons (Fsp3) is 0. The number of fused-ring (bicyclic) bond motifs is 3. The zero-order valence-corrected chi connectivity index (χ0v) is 29.6. The molecule has 0 aliphatic rings. The Morgan fingerprint density at radius 3 is 1.53 bits per heavy atom. The Hall–Kier alpha value is -6.15. The molecule has 0 aromatic heterocycles. The first kappa shape index (κ1) is 38.1. The zero-order chi connectivity index (χ0) is 37.2. The molecule has 7 rings (SSSR count). The number of benzene rings is 7. The number of phenols is 4. The van der Waals surface area contributed by atoms with Gasteiger partial charge in [0.15, 0.2) is 0 Å². The summed E-state index contributed by atoms with van der Waals surface area (Å²) in [7, 11) is -4.54. The summed E-state index contributed by atoms with van der Waals surface area (Å²) in [6.07, 6.45) is 0. The third kappa shape index (κ3) is 8.02. The molecule has 0 saturated heterocycles. The van der Waals surface area contributed by atoms with Gasteiger partial charge in [-0.05, 0) is 29.0 Å². The van der Waals surface area contributed by atoms with Crippen LogP contribution in [0.1, 0.15) is 0 Å². The van der Waals surface area contributed by atoms with E-state index in [1.165, 1.54) is 18.2 Å². The largest absolute Gasteiger partial charge is 0.506 e. The van der Waals surface area contributed by atoms with Crippen molar-refractivity contribution in [1.82, 2.24) is 0 Å². The monoisotopic (exact) mass is 789 g/mol. The summed E-state index contributed by atoms with van der Waals surface area (Å²) in [4.78, 5) is 9.65. The summed E-state index contributed by atoms with van der Waals surface area (Å²) in [5.74, 6) is -1.06. The third-order valence-electron chi connectivity index (χ3n) is 7.74. The number of rotatable bonds is 6. The van der Waals surface area contributed by atoms with Gasteiger partial charge >= 0.3 is 0 Å². The summed E-state index contributed by atoms with van der Waals surface area (Å²) in [5, 5.41) is 70.5. The van der Waals surface area contributed by atoms with Crippen LogP contribution in [0.4, 0.5) is 28.4 Å². The molecule has 14 nitrogen and oxygen atoms in total. The average Bonchev–Trinajstić information content (AvgIpc) is 3.12. The molecule has 0 aliphatic heterocycles. The van der Waals surface area contributed by atoms with Gasteiger partial charge in [0.1, 0.15) is 55.7 Å². The number of nitrogens with zero attached hydrogens (tertiary/aromatic N) is 5. The molecule has 266 valence electrons. The number of azo groups is 2. The second kappa shape index (κ2) is 15.6.